The van der Waals surface area contributed by atoms with Crippen molar-refractivity contribution in [1.82, 2.24) is 4.90 Å². The van der Waals surface area contributed by atoms with Gasteiger partial charge in [0.15, 0.2) is 0 Å². The lowest BCUT2D eigenvalue weighted by Crippen LogP contribution is -2.55. The molecule has 0 aromatic heterocycles. The zero-order valence-electron chi connectivity index (χ0n) is 13.4. The van der Waals surface area contributed by atoms with Crippen LogP contribution in [0, 0.1) is 5.41 Å². The van der Waals surface area contributed by atoms with E-state index in [9.17, 15) is 4.79 Å². The first-order valence-corrected chi connectivity index (χ1v) is 6.77. The van der Waals surface area contributed by atoms with Crippen molar-refractivity contribution in [3.05, 3.63) is 29.8 Å². The summed E-state index contributed by atoms with van der Waals surface area (Å²) in [7, 11) is 3.43. The summed E-state index contributed by atoms with van der Waals surface area (Å²) in [5.74, 6) is 0.813. The second kappa shape index (κ2) is 5.83. The van der Waals surface area contributed by atoms with Crippen molar-refractivity contribution in [1.29, 1.82) is 0 Å². The summed E-state index contributed by atoms with van der Waals surface area (Å²) < 4.78 is 5.32. The van der Waals surface area contributed by atoms with E-state index < -0.39 is 11.0 Å². The van der Waals surface area contributed by atoms with Crippen molar-refractivity contribution in [2.75, 3.05) is 14.2 Å². The molecular weight excluding hydrogens is 252 g/mol. The van der Waals surface area contributed by atoms with Crippen molar-refractivity contribution < 1.29 is 9.53 Å². The second-order valence-electron chi connectivity index (χ2n) is 6.32. The number of amides is 1. The van der Waals surface area contributed by atoms with Crippen LogP contribution in [0.1, 0.15) is 33.3 Å². The van der Waals surface area contributed by atoms with Crippen LogP contribution in [-0.4, -0.2) is 30.5 Å². The topological polar surface area (TPSA) is 55.6 Å². The van der Waals surface area contributed by atoms with Crippen LogP contribution in [0.2, 0.25) is 0 Å². The lowest BCUT2D eigenvalue weighted by molar-refractivity contribution is -0.142. The van der Waals surface area contributed by atoms with E-state index in [0.29, 0.717) is 6.54 Å². The number of methoxy groups -OCH3 is 1. The molecule has 0 aliphatic heterocycles. The molecule has 4 nitrogen and oxygen atoms in total. The molecule has 2 N–H and O–H groups in total. The average Bonchev–Trinajstić information content (AvgIpc) is 2.37. The number of ether oxygens (including phenoxy) is 1. The summed E-state index contributed by atoms with van der Waals surface area (Å²) in [6.45, 7) is 8.02. The first kappa shape index (κ1) is 16.5. The Bertz CT molecular complexity index is 476. The molecule has 0 bridgehead atoms. The number of carbonyl (C=O) groups is 1. The second-order valence-corrected chi connectivity index (χ2v) is 6.32. The molecule has 1 amide bonds. The third-order valence-corrected chi connectivity index (χ3v) is 4.09. The number of hydrogen-bond donors (Lipinski definition) is 1. The lowest BCUT2D eigenvalue weighted by atomic mass is 9.74. The summed E-state index contributed by atoms with van der Waals surface area (Å²) in [5, 5.41) is 0. The molecule has 20 heavy (non-hydrogen) atoms. The molecule has 0 aliphatic rings. The predicted molar refractivity (Wildman–Crippen MR) is 81.5 cm³/mol. The normalized spacial score (nSPS) is 12.2. The van der Waals surface area contributed by atoms with Crippen molar-refractivity contribution >= 4 is 5.91 Å². The first-order chi connectivity index (χ1) is 9.11. The van der Waals surface area contributed by atoms with Gasteiger partial charge in [0.25, 0.3) is 0 Å². The summed E-state index contributed by atoms with van der Waals surface area (Å²) in [5.41, 5.74) is 5.89. The Labute approximate surface area is 121 Å². The first-order valence-electron chi connectivity index (χ1n) is 6.77. The highest BCUT2D eigenvalue weighted by Gasteiger charge is 2.42. The average molecular weight is 278 g/mol. The van der Waals surface area contributed by atoms with Crippen LogP contribution in [-0.2, 0) is 11.3 Å². The zero-order valence-corrected chi connectivity index (χ0v) is 13.4. The monoisotopic (exact) mass is 278 g/mol. The van der Waals surface area contributed by atoms with Gasteiger partial charge in [-0.15, -0.1) is 0 Å². The summed E-state index contributed by atoms with van der Waals surface area (Å²) in [6, 6.07) is 7.71. The third kappa shape index (κ3) is 3.31. The summed E-state index contributed by atoms with van der Waals surface area (Å²) >= 11 is 0. The van der Waals surface area contributed by atoms with E-state index in [1.54, 1.807) is 19.1 Å². The van der Waals surface area contributed by atoms with Gasteiger partial charge in [0, 0.05) is 24.7 Å². The Balaban J connectivity index is 2.91. The molecule has 1 aromatic rings. The number of para-hydroxylation sites is 1. The fraction of sp³-hybridized carbons (Fsp3) is 0.562. The van der Waals surface area contributed by atoms with Crippen molar-refractivity contribution in [2.24, 2.45) is 11.1 Å². The zero-order chi connectivity index (χ0) is 15.6. The number of nitrogens with two attached hydrogens (primary N) is 1. The maximum atomic E-state index is 12.6. The minimum absolute atomic E-state index is 0.0240. The van der Waals surface area contributed by atoms with Gasteiger partial charge < -0.3 is 15.4 Å². The SMILES string of the molecule is COc1ccccc1CN(C)C(=O)C(C)(C)C(C)(C)N. The van der Waals surface area contributed by atoms with Crippen LogP contribution in [0.5, 0.6) is 5.75 Å². The van der Waals surface area contributed by atoms with Gasteiger partial charge in [0.05, 0.1) is 12.5 Å². The molecule has 1 aromatic carbocycles. The van der Waals surface area contributed by atoms with Gasteiger partial charge in [-0.25, -0.2) is 0 Å². The molecule has 0 saturated heterocycles. The molecule has 0 heterocycles. The fourth-order valence-corrected chi connectivity index (χ4v) is 1.91. The Kier molecular flexibility index (Phi) is 4.81. The van der Waals surface area contributed by atoms with Crippen LogP contribution in [0.15, 0.2) is 24.3 Å². The Morgan fingerprint density at radius 2 is 1.80 bits per heavy atom. The van der Waals surface area contributed by atoms with Gasteiger partial charge in [0.2, 0.25) is 5.91 Å². The summed E-state index contributed by atoms with van der Waals surface area (Å²) in [6.07, 6.45) is 0. The largest absolute Gasteiger partial charge is 0.496 e. The van der Waals surface area contributed by atoms with Crippen LogP contribution in [0.25, 0.3) is 0 Å². The van der Waals surface area contributed by atoms with E-state index in [0.717, 1.165) is 11.3 Å². The quantitative estimate of drug-likeness (QED) is 0.900. The molecule has 112 valence electrons. The number of hydrogen-bond acceptors (Lipinski definition) is 3. The van der Waals surface area contributed by atoms with Gasteiger partial charge in [-0.3, -0.25) is 4.79 Å². The van der Waals surface area contributed by atoms with Crippen LogP contribution >= 0.6 is 0 Å². The van der Waals surface area contributed by atoms with Crippen LogP contribution in [0.3, 0.4) is 0 Å². The standard InChI is InChI=1S/C16H26N2O2/c1-15(2,16(3,4)17)14(19)18(5)11-12-9-7-8-10-13(12)20-6/h7-10H,11,17H2,1-6H3. The smallest absolute Gasteiger partial charge is 0.230 e. The van der Waals surface area contributed by atoms with E-state index in [2.05, 4.69) is 0 Å². The third-order valence-electron chi connectivity index (χ3n) is 4.09. The molecule has 0 radical (unpaired) electrons. The van der Waals surface area contributed by atoms with Crippen molar-refractivity contribution in [3.8, 4) is 5.75 Å². The Morgan fingerprint density at radius 1 is 1.25 bits per heavy atom. The summed E-state index contributed by atoms with van der Waals surface area (Å²) in [4.78, 5) is 14.3. The van der Waals surface area contributed by atoms with Crippen molar-refractivity contribution in [3.63, 3.8) is 0 Å². The van der Waals surface area contributed by atoms with Crippen LogP contribution in [0.4, 0.5) is 0 Å². The van der Waals surface area contributed by atoms with E-state index in [1.807, 2.05) is 52.0 Å². The molecular formula is C16H26N2O2. The van der Waals surface area contributed by atoms with E-state index >= 15 is 0 Å². The van der Waals surface area contributed by atoms with Gasteiger partial charge >= 0.3 is 0 Å². The Morgan fingerprint density at radius 3 is 2.30 bits per heavy atom. The van der Waals surface area contributed by atoms with Crippen LogP contribution < -0.4 is 10.5 Å². The molecule has 0 fully saturated rings. The van der Waals surface area contributed by atoms with E-state index in [1.165, 1.54) is 0 Å². The molecule has 1 rings (SSSR count). The molecule has 0 spiro atoms. The fourth-order valence-electron chi connectivity index (χ4n) is 1.91. The minimum Gasteiger partial charge on any atom is -0.496 e. The highest BCUT2D eigenvalue weighted by molar-refractivity contribution is 5.83. The lowest BCUT2D eigenvalue weighted by Gasteiger charge is -2.39. The number of carbonyl (C=O) groups excluding carboxylic acids is 1. The predicted octanol–water partition coefficient (Wildman–Crippen LogP) is 2.42. The van der Waals surface area contributed by atoms with Gasteiger partial charge in [-0.2, -0.15) is 0 Å². The Hall–Kier alpha value is -1.55. The molecule has 0 aliphatic carbocycles. The molecule has 4 heteroatoms. The van der Waals surface area contributed by atoms with Gasteiger partial charge in [-0.05, 0) is 33.8 Å². The maximum Gasteiger partial charge on any atom is 0.230 e. The minimum atomic E-state index is -0.635. The highest BCUT2D eigenvalue weighted by atomic mass is 16.5. The maximum absolute atomic E-state index is 12.6. The van der Waals surface area contributed by atoms with E-state index in [4.69, 9.17) is 10.5 Å². The molecule has 0 atom stereocenters. The van der Waals surface area contributed by atoms with Gasteiger partial charge in [0.1, 0.15) is 5.75 Å². The number of nitrogens with zero attached hydrogens (tertiary/aromatic N) is 1. The van der Waals surface area contributed by atoms with E-state index in [-0.39, 0.29) is 5.91 Å². The van der Waals surface area contributed by atoms with Crippen molar-refractivity contribution in [2.45, 2.75) is 39.8 Å². The molecule has 0 unspecified atom stereocenters. The van der Waals surface area contributed by atoms with Gasteiger partial charge in [-0.1, -0.05) is 18.2 Å². The number of rotatable bonds is 5. The molecule has 0 saturated carbocycles. The highest BCUT2D eigenvalue weighted by Crippen LogP contribution is 2.31. The number of benzene rings is 1.